The van der Waals surface area contributed by atoms with Gasteiger partial charge in [-0.05, 0) is 53.8 Å². The predicted molar refractivity (Wildman–Crippen MR) is 199 cm³/mol. The number of hydrogen-bond donors (Lipinski definition) is 0. The van der Waals surface area contributed by atoms with E-state index in [9.17, 15) is 4.79 Å². The molecule has 0 radical (unpaired) electrons. The quantitative estimate of drug-likeness (QED) is 0.166. The Morgan fingerprint density at radius 3 is 1.80 bits per heavy atom. The van der Waals surface area contributed by atoms with Gasteiger partial charge in [0.15, 0.2) is 0 Å². The minimum atomic E-state index is 0.476. The van der Waals surface area contributed by atoms with Crippen LogP contribution in [0.5, 0.6) is 0 Å². The second kappa shape index (κ2) is 13.6. The zero-order valence-electron chi connectivity index (χ0n) is 29.8. The Balaban J connectivity index is 0.000000162. The number of carbonyl (C=O) groups is 1. The van der Waals surface area contributed by atoms with Crippen LogP contribution in [-0.2, 0) is 38.2 Å². The first kappa shape index (κ1) is 33.4. The Morgan fingerprint density at radius 1 is 0.760 bits per heavy atom. The minimum absolute atomic E-state index is 0.476. The average molecular weight is 672 g/mol. The topological polar surface area (TPSA) is 97.4 Å². The summed E-state index contributed by atoms with van der Waals surface area (Å²) in [5, 5.41) is 0. The van der Waals surface area contributed by atoms with Crippen LogP contribution in [0.2, 0.25) is 0 Å². The van der Waals surface area contributed by atoms with Crippen molar-refractivity contribution in [2.75, 3.05) is 50.2 Å². The number of likely N-dealkylation sites (tertiary alicyclic amines) is 1. The van der Waals surface area contributed by atoms with Gasteiger partial charge in [0.05, 0.1) is 49.3 Å². The normalized spacial score (nSPS) is 15.0. The lowest BCUT2D eigenvalue weighted by atomic mass is 9.78. The summed E-state index contributed by atoms with van der Waals surface area (Å²) in [5.41, 5.74) is 11.3. The van der Waals surface area contributed by atoms with E-state index in [-0.39, 0.29) is 0 Å². The maximum absolute atomic E-state index is 10.9. The molecule has 2 aliphatic heterocycles. The highest BCUT2D eigenvalue weighted by Crippen LogP contribution is 2.38. The lowest BCUT2D eigenvalue weighted by Crippen LogP contribution is -2.65. The van der Waals surface area contributed by atoms with Crippen molar-refractivity contribution >= 4 is 51.4 Å². The molecule has 0 amide bonds. The molecule has 0 saturated carbocycles. The maximum Gasteiger partial charge on any atom is 0.150 e. The number of ether oxygens (including phenoxy) is 1. The molecule has 0 atom stereocenters. The molecule has 8 rings (SSSR count). The van der Waals surface area contributed by atoms with E-state index in [0.29, 0.717) is 11.0 Å². The van der Waals surface area contributed by atoms with Crippen LogP contribution in [0.3, 0.4) is 0 Å². The Bertz CT molecular complexity index is 2160. The number of pyridine rings is 2. The van der Waals surface area contributed by atoms with Crippen LogP contribution in [0.4, 0.5) is 23.0 Å². The molecule has 0 bridgehead atoms. The third kappa shape index (κ3) is 6.34. The van der Waals surface area contributed by atoms with Crippen molar-refractivity contribution < 1.29 is 9.53 Å². The van der Waals surface area contributed by atoms with Crippen molar-refractivity contribution in [1.29, 1.82) is 0 Å². The molecule has 4 aromatic heterocycles. The summed E-state index contributed by atoms with van der Waals surface area (Å²) < 4.78 is 9.39. The molecule has 2 saturated heterocycles. The Hall–Kier alpha value is -5.13. The van der Waals surface area contributed by atoms with Crippen molar-refractivity contribution in [3.05, 3.63) is 95.8 Å². The summed E-state index contributed by atoms with van der Waals surface area (Å²) >= 11 is 0. The van der Waals surface area contributed by atoms with Crippen LogP contribution < -0.4 is 9.80 Å². The van der Waals surface area contributed by atoms with Crippen LogP contribution >= 0.6 is 0 Å². The van der Waals surface area contributed by atoms with Crippen molar-refractivity contribution in [3.63, 3.8) is 0 Å². The number of aromatic nitrogens is 6. The first-order valence-corrected chi connectivity index (χ1v) is 17.2. The molecule has 0 N–H and O–H groups in total. The van der Waals surface area contributed by atoms with Gasteiger partial charge in [-0.25, -0.2) is 19.9 Å². The van der Waals surface area contributed by atoms with E-state index in [2.05, 4.69) is 74.9 Å². The summed E-state index contributed by atoms with van der Waals surface area (Å²) in [7, 11) is 8.06. The van der Waals surface area contributed by atoms with Gasteiger partial charge in [0.25, 0.3) is 0 Å². The lowest BCUT2D eigenvalue weighted by molar-refractivity contribution is -0.191. The maximum atomic E-state index is 10.9. The number of aldehydes is 1. The molecule has 2 aliphatic rings. The van der Waals surface area contributed by atoms with Crippen LogP contribution in [-0.4, -0.2) is 80.7 Å². The van der Waals surface area contributed by atoms with Gasteiger partial charge in [-0.2, -0.15) is 0 Å². The molecule has 2 fully saturated rings. The third-order valence-corrected chi connectivity index (χ3v) is 10.1. The fourth-order valence-corrected chi connectivity index (χ4v) is 7.14. The average Bonchev–Trinajstić information content (AvgIpc) is 3.68. The van der Waals surface area contributed by atoms with Gasteiger partial charge in [0.2, 0.25) is 0 Å². The SMILES string of the molecule is CCc1cc(C=O)ccc1N(C)c1cc2c(cn1)ncn2C.CCc1cc(CN2CC3(COC3)C2)ccc1N(C)c1cc2c(cn1)ncn2C. The van der Waals surface area contributed by atoms with E-state index >= 15 is 0 Å². The molecule has 0 unspecified atom stereocenters. The van der Waals surface area contributed by atoms with Crippen molar-refractivity contribution in [3.8, 4) is 0 Å². The van der Waals surface area contributed by atoms with Crippen molar-refractivity contribution in [2.45, 2.75) is 33.2 Å². The van der Waals surface area contributed by atoms with E-state index in [4.69, 9.17) is 4.74 Å². The van der Waals surface area contributed by atoms with Crippen LogP contribution in [0, 0.1) is 5.41 Å². The van der Waals surface area contributed by atoms with Gasteiger partial charge < -0.3 is 23.7 Å². The number of anilines is 4. The standard InChI is InChI=1S/C22H27N5O.C17H18N4O/c1-4-17-7-16(10-27-11-22(12-27)13-28-14-22)5-6-19(17)26(3)21-8-20-18(9-23-21)24-15-25(20)2;1-4-13-7-12(10-22)5-6-15(13)21(3)17-8-16-14(9-18-17)19-11-20(16)2/h5-9,15H,4,10-14H2,1-3H3;5-11H,4H2,1-3H3. The third-order valence-electron chi connectivity index (χ3n) is 10.1. The molecule has 0 aliphatic carbocycles. The monoisotopic (exact) mass is 671 g/mol. The summed E-state index contributed by atoms with van der Waals surface area (Å²) in [5.74, 6) is 1.79. The summed E-state index contributed by atoms with van der Waals surface area (Å²) in [4.78, 5) is 35.5. The van der Waals surface area contributed by atoms with Gasteiger partial charge in [0, 0.05) is 82.3 Å². The molecule has 50 heavy (non-hydrogen) atoms. The van der Waals surface area contributed by atoms with E-state index < -0.39 is 0 Å². The zero-order chi connectivity index (χ0) is 35.0. The Kier molecular flexibility index (Phi) is 9.11. The number of fused-ring (bicyclic) bond motifs is 2. The molecule has 1 spiro atoms. The molecular weight excluding hydrogens is 626 g/mol. The van der Waals surface area contributed by atoms with E-state index in [1.54, 1.807) is 12.5 Å². The predicted octanol–water partition coefficient (Wildman–Crippen LogP) is 6.24. The largest absolute Gasteiger partial charge is 0.380 e. The molecule has 2 aromatic carbocycles. The van der Waals surface area contributed by atoms with Gasteiger partial charge in [-0.15, -0.1) is 0 Å². The number of carbonyl (C=O) groups excluding carboxylic acids is 1. The highest BCUT2D eigenvalue weighted by molar-refractivity contribution is 5.81. The van der Waals surface area contributed by atoms with E-state index in [1.165, 1.54) is 29.9 Å². The highest BCUT2D eigenvalue weighted by atomic mass is 16.5. The second-order valence-electron chi connectivity index (χ2n) is 13.7. The van der Waals surface area contributed by atoms with Crippen LogP contribution in [0.15, 0.2) is 73.6 Å². The Labute approximate surface area is 293 Å². The highest BCUT2D eigenvalue weighted by Gasteiger charge is 2.48. The number of benzene rings is 2. The summed E-state index contributed by atoms with van der Waals surface area (Å²) in [6.45, 7) is 9.56. The summed E-state index contributed by atoms with van der Waals surface area (Å²) in [6.07, 6.45) is 9.99. The van der Waals surface area contributed by atoms with E-state index in [0.717, 1.165) is 83.8 Å². The first-order chi connectivity index (χ1) is 24.2. The number of imidazole rings is 2. The van der Waals surface area contributed by atoms with Crippen LogP contribution in [0.1, 0.15) is 40.9 Å². The lowest BCUT2D eigenvalue weighted by Gasteiger charge is -2.55. The molecule has 6 aromatic rings. The van der Waals surface area contributed by atoms with Gasteiger partial charge in [-0.3, -0.25) is 9.69 Å². The van der Waals surface area contributed by atoms with Crippen LogP contribution in [0.25, 0.3) is 22.1 Å². The van der Waals surface area contributed by atoms with Gasteiger partial charge in [-0.1, -0.05) is 26.0 Å². The fraction of sp³-hybridized carbons (Fsp3) is 0.359. The number of rotatable bonds is 9. The molecule has 6 heterocycles. The van der Waals surface area contributed by atoms with E-state index in [1.807, 2.05) is 72.0 Å². The fourth-order valence-electron chi connectivity index (χ4n) is 7.14. The van der Waals surface area contributed by atoms with Crippen molar-refractivity contribution in [2.24, 2.45) is 19.5 Å². The Morgan fingerprint density at radius 2 is 1.30 bits per heavy atom. The zero-order valence-corrected chi connectivity index (χ0v) is 29.8. The van der Waals surface area contributed by atoms with Crippen molar-refractivity contribution in [1.82, 2.24) is 34.0 Å². The van der Waals surface area contributed by atoms with Gasteiger partial charge >= 0.3 is 0 Å². The molecule has 11 nitrogen and oxygen atoms in total. The number of aryl methyl sites for hydroxylation is 4. The molecular formula is C39H45N9O2. The smallest absolute Gasteiger partial charge is 0.150 e. The number of hydrogen-bond acceptors (Lipinski definition) is 9. The first-order valence-electron chi connectivity index (χ1n) is 17.2. The summed E-state index contributed by atoms with van der Waals surface area (Å²) in [6, 6.07) is 16.7. The van der Waals surface area contributed by atoms with Gasteiger partial charge in [0.1, 0.15) is 29.0 Å². The minimum Gasteiger partial charge on any atom is -0.380 e. The molecule has 258 valence electrons. The number of nitrogens with zero attached hydrogens (tertiary/aromatic N) is 9. The second-order valence-corrected chi connectivity index (χ2v) is 13.7. The molecule has 11 heteroatoms.